The molecule has 0 aliphatic rings. The number of aromatic nitrogens is 2. The number of anilines is 1. The summed E-state index contributed by atoms with van der Waals surface area (Å²) in [7, 11) is 0. The third-order valence-corrected chi connectivity index (χ3v) is 2.43. The Bertz CT molecular complexity index is 410. The number of carboxylic acid groups (broad SMARTS) is 1. The van der Waals surface area contributed by atoms with Crippen molar-refractivity contribution in [2.45, 2.75) is 52.2 Å². The highest BCUT2D eigenvalue weighted by Gasteiger charge is 2.17. The Morgan fingerprint density at radius 1 is 1.53 bits per heavy atom. The molecule has 1 unspecified atom stereocenters. The van der Waals surface area contributed by atoms with Crippen LogP contribution in [0, 0.1) is 0 Å². The first-order chi connectivity index (χ1) is 9.02. The SMILES string of the molecule is CCCCC(Nc1nccc(OC(C)C)n1)C(=O)O. The highest BCUT2D eigenvalue weighted by atomic mass is 16.5. The lowest BCUT2D eigenvalue weighted by molar-refractivity contribution is -0.138. The zero-order valence-corrected chi connectivity index (χ0v) is 11.6. The number of aliphatic carboxylic acids is 1. The molecule has 0 saturated carbocycles. The minimum atomic E-state index is -0.896. The van der Waals surface area contributed by atoms with Crippen molar-refractivity contribution < 1.29 is 14.6 Å². The Balaban J connectivity index is 2.70. The van der Waals surface area contributed by atoms with Crippen LogP contribution in [0.1, 0.15) is 40.0 Å². The predicted molar refractivity (Wildman–Crippen MR) is 72.4 cm³/mol. The Kier molecular flexibility index (Phi) is 6.05. The number of unbranched alkanes of at least 4 members (excludes halogenated alkanes) is 1. The maximum atomic E-state index is 11.1. The van der Waals surface area contributed by atoms with Crippen molar-refractivity contribution in [1.82, 2.24) is 9.97 Å². The van der Waals surface area contributed by atoms with E-state index in [1.807, 2.05) is 20.8 Å². The molecule has 1 aromatic rings. The molecule has 0 aliphatic carbocycles. The maximum Gasteiger partial charge on any atom is 0.326 e. The van der Waals surface area contributed by atoms with Crippen LogP contribution in [0.4, 0.5) is 5.95 Å². The zero-order valence-electron chi connectivity index (χ0n) is 11.6. The Hall–Kier alpha value is -1.85. The third-order valence-electron chi connectivity index (χ3n) is 2.43. The highest BCUT2D eigenvalue weighted by molar-refractivity contribution is 5.76. The lowest BCUT2D eigenvalue weighted by atomic mass is 10.1. The Morgan fingerprint density at radius 2 is 2.26 bits per heavy atom. The van der Waals surface area contributed by atoms with E-state index in [4.69, 9.17) is 9.84 Å². The van der Waals surface area contributed by atoms with Crippen LogP contribution in [0.15, 0.2) is 12.3 Å². The number of hydrogen-bond acceptors (Lipinski definition) is 5. The largest absolute Gasteiger partial charge is 0.480 e. The Morgan fingerprint density at radius 3 is 2.84 bits per heavy atom. The second kappa shape index (κ2) is 7.56. The average Bonchev–Trinajstić information content (AvgIpc) is 2.33. The van der Waals surface area contributed by atoms with Gasteiger partial charge in [0.25, 0.3) is 0 Å². The summed E-state index contributed by atoms with van der Waals surface area (Å²) < 4.78 is 5.44. The van der Waals surface area contributed by atoms with E-state index in [2.05, 4.69) is 15.3 Å². The quantitative estimate of drug-likeness (QED) is 0.752. The minimum Gasteiger partial charge on any atom is -0.480 e. The monoisotopic (exact) mass is 267 g/mol. The van der Waals surface area contributed by atoms with Gasteiger partial charge in [-0.15, -0.1) is 0 Å². The van der Waals surface area contributed by atoms with Crippen LogP contribution in [0.2, 0.25) is 0 Å². The normalized spacial score (nSPS) is 12.2. The van der Waals surface area contributed by atoms with Gasteiger partial charge in [-0.1, -0.05) is 19.8 Å². The van der Waals surface area contributed by atoms with Crippen molar-refractivity contribution in [2.75, 3.05) is 5.32 Å². The molecule has 0 amide bonds. The standard InChI is InChI=1S/C13H21N3O3/c1-4-5-6-10(12(17)18)15-13-14-8-7-11(16-13)19-9(2)3/h7-10H,4-6H2,1-3H3,(H,17,18)(H,14,15,16). The molecular weight excluding hydrogens is 246 g/mol. The third kappa shape index (κ3) is 5.54. The molecule has 1 atom stereocenters. The summed E-state index contributed by atoms with van der Waals surface area (Å²) >= 11 is 0. The van der Waals surface area contributed by atoms with Crippen LogP contribution in [-0.4, -0.2) is 33.2 Å². The number of ether oxygens (including phenoxy) is 1. The van der Waals surface area contributed by atoms with E-state index < -0.39 is 12.0 Å². The van der Waals surface area contributed by atoms with Gasteiger partial charge in [-0.2, -0.15) is 4.98 Å². The second-order valence-electron chi connectivity index (χ2n) is 4.56. The molecule has 0 saturated heterocycles. The molecule has 0 spiro atoms. The van der Waals surface area contributed by atoms with Crippen molar-refractivity contribution in [3.63, 3.8) is 0 Å². The molecule has 19 heavy (non-hydrogen) atoms. The lowest BCUT2D eigenvalue weighted by Crippen LogP contribution is -2.30. The highest BCUT2D eigenvalue weighted by Crippen LogP contribution is 2.12. The lowest BCUT2D eigenvalue weighted by Gasteiger charge is -2.15. The first kappa shape index (κ1) is 15.2. The summed E-state index contributed by atoms with van der Waals surface area (Å²) in [6, 6.07) is 0.974. The van der Waals surface area contributed by atoms with Crippen molar-refractivity contribution in [2.24, 2.45) is 0 Å². The summed E-state index contributed by atoms with van der Waals surface area (Å²) in [4.78, 5) is 19.3. The van der Waals surface area contributed by atoms with Gasteiger partial charge >= 0.3 is 5.97 Å². The van der Waals surface area contributed by atoms with Gasteiger partial charge in [-0.3, -0.25) is 0 Å². The van der Waals surface area contributed by atoms with Gasteiger partial charge < -0.3 is 15.2 Å². The summed E-state index contributed by atoms with van der Waals surface area (Å²) in [5, 5.41) is 12.0. The summed E-state index contributed by atoms with van der Waals surface area (Å²) in [6.07, 6.45) is 3.89. The number of hydrogen-bond donors (Lipinski definition) is 2. The second-order valence-corrected chi connectivity index (χ2v) is 4.56. The molecule has 1 aromatic heterocycles. The van der Waals surface area contributed by atoms with Crippen molar-refractivity contribution in [1.29, 1.82) is 0 Å². The minimum absolute atomic E-state index is 0.0121. The number of nitrogens with one attached hydrogen (secondary N) is 1. The molecule has 0 aliphatic heterocycles. The van der Waals surface area contributed by atoms with E-state index in [-0.39, 0.29) is 12.1 Å². The predicted octanol–water partition coefficient (Wildman–Crippen LogP) is 2.32. The molecular formula is C13H21N3O3. The van der Waals surface area contributed by atoms with E-state index in [1.54, 1.807) is 12.3 Å². The van der Waals surface area contributed by atoms with Crippen LogP contribution in [0.3, 0.4) is 0 Å². The van der Waals surface area contributed by atoms with Gasteiger partial charge in [0.15, 0.2) is 0 Å². The molecule has 0 aromatic carbocycles. The van der Waals surface area contributed by atoms with Gasteiger partial charge in [0.1, 0.15) is 6.04 Å². The fraction of sp³-hybridized carbons (Fsp3) is 0.615. The van der Waals surface area contributed by atoms with Gasteiger partial charge in [-0.25, -0.2) is 9.78 Å². The number of nitrogens with zero attached hydrogens (tertiary/aromatic N) is 2. The molecule has 2 N–H and O–H groups in total. The maximum absolute atomic E-state index is 11.1. The van der Waals surface area contributed by atoms with Crippen molar-refractivity contribution >= 4 is 11.9 Å². The number of carboxylic acids is 1. The summed E-state index contributed by atoms with van der Waals surface area (Å²) in [5.74, 6) is -0.180. The van der Waals surface area contributed by atoms with Crippen LogP contribution in [-0.2, 0) is 4.79 Å². The topological polar surface area (TPSA) is 84.3 Å². The van der Waals surface area contributed by atoms with Crippen LogP contribution in [0.25, 0.3) is 0 Å². The summed E-state index contributed by atoms with van der Waals surface area (Å²) in [5.41, 5.74) is 0. The van der Waals surface area contributed by atoms with Crippen LogP contribution < -0.4 is 10.1 Å². The number of carbonyl (C=O) groups is 1. The van der Waals surface area contributed by atoms with Crippen molar-refractivity contribution in [3.05, 3.63) is 12.3 Å². The molecule has 106 valence electrons. The van der Waals surface area contributed by atoms with E-state index >= 15 is 0 Å². The van der Waals surface area contributed by atoms with Gasteiger partial charge in [0.2, 0.25) is 11.8 Å². The van der Waals surface area contributed by atoms with E-state index in [0.717, 1.165) is 12.8 Å². The first-order valence-corrected chi connectivity index (χ1v) is 6.52. The van der Waals surface area contributed by atoms with Crippen LogP contribution >= 0.6 is 0 Å². The molecule has 0 fully saturated rings. The van der Waals surface area contributed by atoms with Gasteiger partial charge in [-0.05, 0) is 20.3 Å². The number of rotatable bonds is 8. The van der Waals surface area contributed by atoms with Crippen molar-refractivity contribution in [3.8, 4) is 5.88 Å². The molecule has 0 bridgehead atoms. The van der Waals surface area contributed by atoms with Crippen LogP contribution in [0.5, 0.6) is 5.88 Å². The zero-order chi connectivity index (χ0) is 14.3. The first-order valence-electron chi connectivity index (χ1n) is 6.52. The summed E-state index contributed by atoms with van der Waals surface area (Å²) in [6.45, 7) is 5.82. The average molecular weight is 267 g/mol. The molecule has 6 nitrogen and oxygen atoms in total. The smallest absolute Gasteiger partial charge is 0.326 e. The fourth-order valence-corrected chi connectivity index (χ4v) is 1.54. The molecule has 1 heterocycles. The van der Waals surface area contributed by atoms with E-state index in [0.29, 0.717) is 12.3 Å². The fourth-order valence-electron chi connectivity index (χ4n) is 1.54. The van der Waals surface area contributed by atoms with Gasteiger partial charge in [0.05, 0.1) is 6.10 Å². The molecule has 0 radical (unpaired) electrons. The van der Waals surface area contributed by atoms with E-state index in [1.165, 1.54) is 0 Å². The molecule has 6 heteroatoms. The Labute approximate surface area is 113 Å². The van der Waals surface area contributed by atoms with E-state index in [9.17, 15) is 4.79 Å². The van der Waals surface area contributed by atoms with Gasteiger partial charge in [0, 0.05) is 12.3 Å². The molecule has 1 rings (SSSR count).